The second-order valence-corrected chi connectivity index (χ2v) is 7.58. The first-order chi connectivity index (χ1) is 9.24. The third kappa shape index (κ3) is 3.03. The molecule has 0 atom stereocenters. The SMILES string of the molecule is Ic1ccc(-c2ccsc2-c2ccc(I)cc2)cc1. The maximum atomic E-state index is 2.34. The normalized spacial score (nSPS) is 10.6. The highest BCUT2D eigenvalue weighted by Gasteiger charge is 2.08. The van der Waals surface area contributed by atoms with Gasteiger partial charge >= 0.3 is 0 Å². The van der Waals surface area contributed by atoms with Gasteiger partial charge in [0.25, 0.3) is 0 Å². The molecule has 3 aromatic rings. The lowest BCUT2D eigenvalue weighted by atomic mass is 10.0. The van der Waals surface area contributed by atoms with Gasteiger partial charge in [-0.1, -0.05) is 24.3 Å². The van der Waals surface area contributed by atoms with Crippen molar-refractivity contribution in [2.24, 2.45) is 0 Å². The first kappa shape index (κ1) is 13.6. The molecule has 0 nitrogen and oxygen atoms in total. The molecule has 94 valence electrons. The molecule has 0 spiro atoms. The van der Waals surface area contributed by atoms with E-state index in [-0.39, 0.29) is 0 Å². The van der Waals surface area contributed by atoms with E-state index in [9.17, 15) is 0 Å². The quantitative estimate of drug-likeness (QED) is 0.372. The molecule has 0 radical (unpaired) electrons. The number of rotatable bonds is 2. The molecule has 0 fully saturated rings. The van der Waals surface area contributed by atoms with E-state index in [0.29, 0.717) is 0 Å². The van der Waals surface area contributed by atoms with Crippen molar-refractivity contribution in [3.63, 3.8) is 0 Å². The van der Waals surface area contributed by atoms with Crippen LogP contribution in [0.1, 0.15) is 0 Å². The van der Waals surface area contributed by atoms with Crippen LogP contribution in [0.4, 0.5) is 0 Å². The topological polar surface area (TPSA) is 0 Å². The van der Waals surface area contributed by atoms with E-state index in [1.165, 1.54) is 28.7 Å². The maximum absolute atomic E-state index is 2.34. The van der Waals surface area contributed by atoms with Gasteiger partial charge in [0.05, 0.1) is 0 Å². The molecule has 19 heavy (non-hydrogen) atoms. The molecule has 1 aromatic heterocycles. The molecular formula is C16H10I2S. The molecule has 0 unspecified atom stereocenters. The fourth-order valence-corrected chi connectivity index (χ4v) is 3.64. The average Bonchev–Trinajstić information content (AvgIpc) is 2.90. The summed E-state index contributed by atoms with van der Waals surface area (Å²) < 4.78 is 2.54. The molecule has 0 amide bonds. The summed E-state index contributed by atoms with van der Waals surface area (Å²) >= 11 is 6.48. The van der Waals surface area contributed by atoms with E-state index in [1.807, 2.05) is 0 Å². The molecule has 0 bridgehead atoms. The Labute approximate surface area is 144 Å². The minimum Gasteiger partial charge on any atom is -0.143 e. The summed E-state index contributed by atoms with van der Waals surface area (Å²) in [5, 5.41) is 2.17. The van der Waals surface area contributed by atoms with Gasteiger partial charge in [-0.05, 0) is 92.0 Å². The Morgan fingerprint density at radius 3 is 1.74 bits per heavy atom. The zero-order valence-corrected chi connectivity index (χ0v) is 15.1. The minimum atomic E-state index is 1.27. The molecule has 3 rings (SSSR count). The van der Waals surface area contributed by atoms with Crippen molar-refractivity contribution in [3.05, 3.63) is 67.1 Å². The summed E-state index contributed by atoms with van der Waals surface area (Å²) in [5.41, 5.74) is 3.90. The third-order valence-corrected chi connectivity index (χ3v) is 5.33. The lowest BCUT2D eigenvalue weighted by Crippen LogP contribution is -1.80. The number of hydrogen-bond donors (Lipinski definition) is 0. The van der Waals surface area contributed by atoms with Gasteiger partial charge in [0.1, 0.15) is 0 Å². The van der Waals surface area contributed by atoms with Crippen LogP contribution in [0.3, 0.4) is 0 Å². The fourth-order valence-electron chi connectivity index (χ4n) is 1.99. The van der Waals surface area contributed by atoms with Crippen molar-refractivity contribution in [1.82, 2.24) is 0 Å². The van der Waals surface area contributed by atoms with Crippen LogP contribution in [0.5, 0.6) is 0 Å². The first-order valence-corrected chi connectivity index (χ1v) is 8.87. The Balaban J connectivity index is 2.07. The number of benzene rings is 2. The predicted molar refractivity (Wildman–Crippen MR) is 101 cm³/mol. The van der Waals surface area contributed by atoms with Crippen LogP contribution in [0.25, 0.3) is 21.6 Å². The van der Waals surface area contributed by atoms with E-state index in [0.717, 1.165) is 0 Å². The van der Waals surface area contributed by atoms with Crippen LogP contribution < -0.4 is 0 Å². The van der Waals surface area contributed by atoms with Gasteiger partial charge in [0.15, 0.2) is 0 Å². The van der Waals surface area contributed by atoms with Gasteiger partial charge in [-0.3, -0.25) is 0 Å². The number of hydrogen-bond acceptors (Lipinski definition) is 1. The van der Waals surface area contributed by atoms with Gasteiger partial charge in [-0.15, -0.1) is 11.3 Å². The molecule has 0 aliphatic carbocycles. The predicted octanol–water partition coefficient (Wildman–Crippen LogP) is 6.29. The molecule has 3 heteroatoms. The highest BCUT2D eigenvalue weighted by molar-refractivity contribution is 14.1. The second kappa shape index (κ2) is 5.93. The lowest BCUT2D eigenvalue weighted by molar-refractivity contribution is 1.61. The summed E-state index contributed by atoms with van der Waals surface area (Å²) in [6.07, 6.45) is 0. The summed E-state index contributed by atoms with van der Waals surface area (Å²) in [7, 11) is 0. The van der Waals surface area contributed by atoms with E-state index in [1.54, 1.807) is 11.3 Å². The Kier molecular flexibility index (Phi) is 4.24. The van der Waals surface area contributed by atoms with Crippen LogP contribution in [0.2, 0.25) is 0 Å². The molecule has 0 N–H and O–H groups in total. The summed E-state index contributed by atoms with van der Waals surface area (Å²) in [5.74, 6) is 0. The molecule has 0 aliphatic heterocycles. The maximum Gasteiger partial charge on any atom is 0.0421 e. The Morgan fingerprint density at radius 2 is 1.16 bits per heavy atom. The van der Waals surface area contributed by atoms with Crippen molar-refractivity contribution in [2.45, 2.75) is 0 Å². The lowest BCUT2D eigenvalue weighted by Gasteiger charge is -2.05. The third-order valence-electron chi connectivity index (χ3n) is 2.93. The van der Waals surface area contributed by atoms with Crippen LogP contribution in [-0.2, 0) is 0 Å². The Hall–Kier alpha value is -0.400. The molecule has 1 heterocycles. The standard InChI is InChI=1S/C16H10I2S/c17-13-5-1-11(2-6-13)15-9-10-19-16(15)12-3-7-14(18)8-4-12/h1-10H. The summed E-state index contributed by atoms with van der Waals surface area (Å²) in [4.78, 5) is 1.35. The van der Waals surface area contributed by atoms with Crippen molar-refractivity contribution >= 4 is 56.5 Å². The van der Waals surface area contributed by atoms with Gasteiger partial charge in [-0.2, -0.15) is 0 Å². The Morgan fingerprint density at radius 1 is 0.632 bits per heavy atom. The average molecular weight is 488 g/mol. The zero-order chi connectivity index (χ0) is 13.2. The van der Waals surface area contributed by atoms with Crippen LogP contribution in [-0.4, -0.2) is 0 Å². The van der Waals surface area contributed by atoms with Crippen LogP contribution in [0, 0.1) is 7.14 Å². The van der Waals surface area contributed by atoms with Gasteiger partial charge < -0.3 is 0 Å². The molecule has 2 aromatic carbocycles. The van der Waals surface area contributed by atoms with E-state index < -0.39 is 0 Å². The highest BCUT2D eigenvalue weighted by atomic mass is 127. The van der Waals surface area contributed by atoms with Crippen molar-refractivity contribution in [1.29, 1.82) is 0 Å². The fraction of sp³-hybridized carbons (Fsp3) is 0. The smallest absolute Gasteiger partial charge is 0.0421 e. The van der Waals surface area contributed by atoms with Crippen LogP contribution in [0.15, 0.2) is 60.0 Å². The van der Waals surface area contributed by atoms with Gasteiger partial charge in [0.2, 0.25) is 0 Å². The summed E-state index contributed by atoms with van der Waals surface area (Å²) in [6.45, 7) is 0. The summed E-state index contributed by atoms with van der Waals surface area (Å²) in [6, 6.07) is 19.6. The van der Waals surface area contributed by atoms with Gasteiger partial charge in [-0.25, -0.2) is 0 Å². The molecular weight excluding hydrogens is 478 g/mol. The first-order valence-electron chi connectivity index (χ1n) is 5.83. The second-order valence-electron chi connectivity index (χ2n) is 4.18. The van der Waals surface area contributed by atoms with E-state index in [2.05, 4.69) is 105 Å². The number of thiophene rings is 1. The monoisotopic (exact) mass is 488 g/mol. The van der Waals surface area contributed by atoms with Crippen molar-refractivity contribution < 1.29 is 0 Å². The van der Waals surface area contributed by atoms with E-state index in [4.69, 9.17) is 0 Å². The molecule has 0 aliphatic rings. The molecule has 0 saturated heterocycles. The minimum absolute atomic E-state index is 1.27. The van der Waals surface area contributed by atoms with Crippen molar-refractivity contribution in [3.8, 4) is 21.6 Å². The largest absolute Gasteiger partial charge is 0.143 e. The Bertz CT molecular complexity index is 622. The van der Waals surface area contributed by atoms with Gasteiger partial charge in [0, 0.05) is 17.6 Å². The van der Waals surface area contributed by atoms with Crippen LogP contribution >= 0.6 is 56.5 Å². The molecule has 0 saturated carbocycles. The number of halogens is 2. The zero-order valence-electron chi connectivity index (χ0n) is 9.94. The van der Waals surface area contributed by atoms with E-state index >= 15 is 0 Å². The van der Waals surface area contributed by atoms with Crippen molar-refractivity contribution in [2.75, 3.05) is 0 Å². The highest BCUT2D eigenvalue weighted by Crippen LogP contribution is 2.37.